The zero-order chi connectivity index (χ0) is 20.5. The van der Waals surface area contributed by atoms with Gasteiger partial charge in [-0.2, -0.15) is 0 Å². The Balaban J connectivity index is 1.92. The predicted molar refractivity (Wildman–Crippen MR) is 105 cm³/mol. The summed E-state index contributed by atoms with van der Waals surface area (Å²) in [5.41, 5.74) is -0.406. The van der Waals surface area contributed by atoms with E-state index in [0.717, 1.165) is 19.3 Å². The van der Waals surface area contributed by atoms with Gasteiger partial charge in [-0.1, -0.05) is 94.7 Å². The summed E-state index contributed by atoms with van der Waals surface area (Å²) < 4.78 is 57.4. The Labute approximate surface area is 165 Å². The summed E-state index contributed by atoms with van der Waals surface area (Å²) in [5, 5.41) is 0. The topological polar surface area (TPSA) is 9.23 Å². The second-order valence-electron chi connectivity index (χ2n) is 7.51. The summed E-state index contributed by atoms with van der Waals surface area (Å²) in [6, 6.07) is 6.27. The van der Waals surface area contributed by atoms with Crippen LogP contribution in [0.25, 0.3) is 5.57 Å². The van der Waals surface area contributed by atoms with Crippen molar-refractivity contribution >= 4 is 5.57 Å². The molecule has 0 aliphatic heterocycles. The molecule has 0 radical (unpaired) electrons. The van der Waals surface area contributed by atoms with E-state index in [2.05, 4.69) is 11.7 Å². The van der Waals surface area contributed by atoms with Crippen molar-refractivity contribution < 1.29 is 22.3 Å². The first kappa shape index (κ1) is 22.7. The van der Waals surface area contributed by atoms with E-state index >= 15 is 0 Å². The maximum Gasteiger partial charge on any atom is 0.523 e. The Hall–Kier alpha value is -1.62. The number of hydrogen-bond donors (Lipinski definition) is 0. The van der Waals surface area contributed by atoms with Crippen LogP contribution in [0.3, 0.4) is 0 Å². The van der Waals surface area contributed by atoms with Crippen LogP contribution in [-0.4, -0.2) is 12.0 Å². The molecular formula is C23H30F4O. The number of allylic oxidation sites excluding steroid dienone is 2. The third kappa shape index (κ3) is 7.42. The highest BCUT2D eigenvalue weighted by Gasteiger charge is 2.42. The fraction of sp³-hybridized carbons (Fsp3) is 0.565. The number of benzene rings is 1. The molecule has 0 fully saturated rings. The van der Waals surface area contributed by atoms with Crippen molar-refractivity contribution in [2.75, 3.05) is 0 Å². The van der Waals surface area contributed by atoms with Crippen molar-refractivity contribution in [2.45, 2.75) is 83.1 Å². The van der Waals surface area contributed by atoms with Crippen LogP contribution in [0.2, 0.25) is 0 Å². The highest BCUT2D eigenvalue weighted by atomic mass is 19.4. The molecule has 0 N–H and O–H groups in total. The van der Waals surface area contributed by atoms with Gasteiger partial charge in [0.1, 0.15) is 5.82 Å². The van der Waals surface area contributed by atoms with Crippen LogP contribution < -0.4 is 0 Å². The smallest absolute Gasteiger partial charge is 0.281 e. The van der Waals surface area contributed by atoms with E-state index < -0.39 is 12.0 Å². The summed E-state index contributed by atoms with van der Waals surface area (Å²) in [7, 11) is 0. The minimum Gasteiger partial charge on any atom is -0.281 e. The quantitative estimate of drug-likeness (QED) is 0.271. The SMILES string of the molecule is CCCCCCCCCCC1(OC(F)(F)F)C=CC(c2ccccc2F)=CC1. The number of rotatable bonds is 11. The van der Waals surface area contributed by atoms with Crippen LogP contribution in [0.5, 0.6) is 0 Å². The average molecular weight is 398 g/mol. The van der Waals surface area contributed by atoms with Gasteiger partial charge in [0.2, 0.25) is 0 Å². The molecule has 2 rings (SSSR count). The zero-order valence-corrected chi connectivity index (χ0v) is 16.5. The van der Waals surface area contributed by atoms with E-state index in [0.29, 0.717) is 24.0 Å². The molecule has 0 saturated heterocycles. The molecule has 1 unspecified atom stereocenters. The number of ether oxygens (including phenoxy) is 1. The molecule has 1 aromatic carbocycles. The van der Waals surface area contributed by atoms with E-state index in [1.165, 1.54) is 37.8 Å². The lowest BCUT2D eigenvalue weighted by Gasteiger charge is -2.33. The molecule has 0 amide bonds. The number of unbranched alkanes of at least 4 members (excludes halogenated alkanes) is 7. The monoisotopic (exact) mass is 398 g/mol. The minimum absolute atomic E-state index is 0.0865. The van der Waals surface area contributed by atoms with E-state index in [9.17, 15) is 17.6 Å². The molecule has 1 aliphatic rings. The van der Waals surface area contributed by atoms with Crippen LogP contribution >= 0.6 is 0 Å². The van der Waals surface area contributed by atoms with Gasteiger partial charge < -0.3 is 0 Å². The Bertz CT molecular complexity index is 663. The maximum absolute atomic E-state index is 14.0. The predicted octanol–water partition coefficient (Wildman–Crippen LogP) is 7.98. The van der Waals surface area contributed by atoms with Crippen molar-refractivity contribution in [3.05, 3.63) is 53.9 Å². The van der Waals surface area contributed by atoms with Gasteiger partial charge in [-0.3, -0.25) is 4.74 Å². The molecule has 0 saturated carbocycles. The van der Waals surface area contributed by atoms with Gasteiger partial charge in [0, 0.05) is 5.56 Å². The summed E-state index contributed by atoms with van der Waals surface area (Å²) in [5.74, 6) is -0.384. The van der Waals surface area contributed by atoms with Gasteiger partial charge in [0.05, 0.1) is 5.60 Å². The van der Waals surface area contributed by atoms with Crippen LogP contribution in [0.4, 0.5) is 17.6 Å². The highest BCUT2D eigenvalue weighted by molar-refractivity contribution is 5.75. The molecular weight excluding hydrogens is 368 g/mol. The van der Waals surface area contributed by atoms with Gasteiger partial charge in [-0.05, 0) is 24.5 Å². The van der Waals surface area contributed by atoms with Crippen molar-refractivity contribution in [1.29, 1.82) is 0 Å². The molecule has 1 atom stereocenters. The lowest BCUT2D eigenvalue weighted by atomic mass is 9.85. The van der Waals surface area contributed by atoms with E-state index in [-0.39, 0.29) is 12.2 Å². The Morgan fingerprint density at radius 1 is 0.964 bits per heavy atom. The minimum atomic E-state index is -4.70. The fourth-order valence-corrected chi connectivity index (χ4v) is 3.66. The standard InChI is InChI=1S/C23H30F4O/c1-2-3-4-5-6-7-8-11-16-22(28-23(25,26)27)17-14-19(15-18-22)20-12-9-10-13-21(20)24/h9-10,12-15,17H,2-8,11,16,18H2,1H3. The van der Waals surface area contributed by atoms with Gasteiger partial charge >= 0.3 is 6.36 Å². The zero-order valence-electron chi connectivity index (χ0n) is 16.5. The van der Waals surface area contributed by atoms with Gasteiger partial charge in [-0.25, -0.2) is 4.39 Å². The van der Waals surface area contributed by atoms with E-state index in [1.54, 1.807) is 30.4 Å². The van der Waals surface area contributed by atoms with Crippen molar-refractivity contribution in [3.63, 3.8) is 0 Å². The van der Waals surface area contributed by atoms with Crippen molar-refractivity contribution in [1.82, 2.24) is 0 Å². The first-order valence-corrected chi connectivity index (χ1v) is 10.3. The van der Waals surface area contributed by atoms with Crippen molar-refractivity contribution in [3.8, 4) is 0 Å². The maximum atomic E-state index is 14.0. The summed E-state index contributed by atoms with van der Waals surface area (Å²) >= 11 is 0. The lowest BCUT2D eigenvalue weighted by Crippen LogP contribution is -2.37. The first-order valence-electron chi connectivity index (χ1n) is 10.3. The van der Waals surface area contributed by atoms with Crippen LogP contribution in [0.15, 0.2) is 42.5 Å². The van der Waals surface area contributed by atoms with E-state index in [1.807, 2.05) is 0 Å². The van der Waals surface area contributed by atoms with Crippen LogP contribution in [0, 0.1) is 5.82 Å². The summed E-state index contributed by atoms with van der Waals surface area (Å²) in [4.78, 5) is 0. The largest absolute Gasteiger partial charge is 0.523 e. The molecule has 1 nitrogen and oxygen atoms in total. The van der Waals surface area contributed by atoms with Gasteiger partial charge in [0.25, 0.3) is 0 Å². The molecule has 0 spiro atoms. The van der Waals surface area contributed by atoms with Gasteiger partial charge in [0.15, 0.2) is 0 Å². The molecule has 0 heterocycles. The molecule has 28 heavy (non-hydrogen) atoms. The highest BCUT2D eigenvalue weighted by Crippen LogP contribution is 2.38. The normalized spacial score (nSPS) is 19.7. The Morgan fingerprint density at radius 3 is 2.18 bits per heavy atom. The molecule has 0 bridgehead atoms. The van der Waals surface area contributed by atoms with E-state index in [4.69, 9.17) is 0 Å². The molecule has 1 aliphatic carbocycles. The van der Waals surface area contributed by atoms with Crippen molar-refractivity contribution in [2.24, 2.45) is 0 Å². The van der Waals surface area contributed by atoms with Gasteiger partial charge in [-0.15, -0.1) is 13.2 Å². The summed E-state index contributed by atoms with van der Waals surface area (Å²) in [6.07, 6.45) is 8.94. The molecule has 1 aromatic rings. The third-order valence-corrected chi connectivity index (χ3v) is 5.19. The average Bonchev–Trinajstić information content (AvgIpc) is 2.64. The number of hydrogen-bond acceptors (Lipinski definition) is 1. The lowest BCUT2D eigenvalue weighted by molar-refractivity contribution is -0.359. The third-order valence-electron chi connectivity index (χ3n) is 5.19. The summed E-state index contributed by atoms with van der Waals surface area (Å²) in [6.45, 7) is 2.17. The van der Waals surface area contributed by atoms with Crippen LogP contribution in [0.1, 0.15) is 76.7 Å². The fourth-order valence-electron chi connectivity index (χ4n) is 3.66. The first-order chi connectivity index (χ1) is 13.4. The van der Waals surface area contributed by atoms with Crippen LogP contribution in [-0.2, 0) is 4.74 Å². The molecule has 0 aromatic heterocycles. The molecule has 5 heteroatoms. The second-order valence-corrected chi connectivity index (χ2v) is 7.51. The Morgan fingerprint density at radius 2 is 1.61 bits per heavy atom. The second kappa shape index (κ2) is 10.8. The molecule has 156 valence electrons. The number of halogens is 4. The Kier molecular flexibility index (Phi) is 8.74. The number of alkyl halides is 3.